The molecule has 1 heterocycles. The van der Waals surface area contributed by atoms with Crippen LogP contribution in [0.3, 0.4) is 0 Å². The van der Waals surface area contributed by atoms with Crippen LogP contribution < -0.4 is 9.64 Å². The Balaban J connectivity index is 1.84. The molecule has 3 aromatic carbocycles. The fourth-order valence-corrected chi connectivity index (χ4v) is 4.96. The maximum Gasteiger partial charge on any atom is 0.271 e. The first-order valence-corrected chi connectivity index (χ1v) is 12.3. The SMILES string of the molecule is COc1cc(Br)c(O)c(C=C2SC(=Nc3ccc(C)c(C)c3)N(c3ccc(C)c(C)c3)C2=O)c1. The second-order valence-corrected chi connectivity index (χ2v) is 10.1. The lowest BCUT2D eigenvalue weighted by molar-refractivity contribution is -0.113. The van der Waals surface area contributed by atoms with Gasteiger partial charge < -0.3 is 9.84 Å². The summed E-state index contributed by atoms with van der Waals surface area (Å²) in [6, 6.07) is 15.3. The van der Waals surface area contributed by atoms with Crippen molar-refractivity contribution in [1.82, 2.24) is 0 Å². The van der Waals surface area contributed by atoms with Gasteiger partial charge in [-0.1, -0.05) is 12.1 Å². The highest BCUT2D eigenvalue weighted by molar-refractivity contribution is 9.10. The van der Waals surface area contributed by atoms with Gasteiger partial charge in [-0.2, -0.15) is 0 Å². The third kappa shape index (κ3) is 4.76. The molecule has 1 N–H and O–H groups in total. The highest BCUT2D eigenvalue weighted by Crippen LogP contribution is 2.40. The van der Waals surface area contributed by atoms with E-state index >= 15 is 0 Å². The predicted octanol–water partition coefficient (Wildman–Crippen LogP) is 7.21. The number of hydrogen-bond donors (Lipinski definition) is 1. The van der Waals surface area contributed by atoms with E-state index in [1.54, 1.807) is 30.2 Å². The van der Waals surface area contributed by atoms with Crippen LogP contribution >= 0.6 is 27.7 Å². The van der Waals surface area contributed by atoms with E-state index in [2.05, 4.69) is 22.9 Å². The molecule has 5 nitrogen and oxygen atoms in total. The zero-order valence-electron chi connectivity index (χ0n) is 19.6. The van der Waals surface area contributed by atoms with E-state index in [4.69, 9.17) is 9.73 Å². The molecule has 1 saturated heterocycles. The van der Waals surface area contributed by atoms with E-state index < -0.39 is 0 Å². The highest BCUT2D eigenvalue weighted by Gasteiger charge is 2.35. The van der Waals surface area contributed by atoms with Gasteiger partial charge in [0.15, 0.2) is 5.17 Å². The lowest BCUT2D eigenvalue weighted by Gasteiger charge is -2.17. The van der Waals surface area contributed by atoms with Crippen molar-refractivity contribution in [1.29, 1.82) is 0 Å². The molecule has 34 heavy (non-hydrogen) atoms. The van der Waals surface area contributed by atoms with Gasteiger partial charge in [0.2, 0.25) is 0 Å². The minimum absolute atomic E-state index is 0.0407. The van der Waals surface area contributed by atoms with Crippen molar-refractivity contribution < 1.29 is 14.6 Å². The number of methoxy groups -OCH3 is 1. The lowest BCUT2D eigenvalue weighted by atomic mass is 10.1. The van der Waals surface area contributed by atoms with Crippen LogP contribution in [-0.4, -0.2) is 23.3 Å². The summed E-state index contributed by atoms with van der Waals surface area (Å²) in [6.07, 6.45) is 1.67. The van der Waals surface area contributed by atoms with Crippen molar-refractivity contribution >= 4 is 56.2 Å². The molecule has 174 valence electrons. The molecule has 4 rings (SSSR count). The van der Waals surface area contributed by atoms with Crippen molar-refractivity contribution in [3.63, 3.8) is 0 Å². The number of amides is 1. The largest absolute Gasteiger partial charge is 0.506 e. The summed E-state index contributed by atoms with van der Waals surface area (Å²) in [5, 5.41) is 11.1. The number of amidine groups is 1. The number of thioether (sulfide) groups is 1. The number of ether oxygens (including phenoxy) is 1. The molecule has 1 aliphatic rings. The third-order valence-corrected chi connectivity index (χ3v) is 7.43. The van der Waals surface area contributed by atoms with Crippen molar-refractivity contribution in [2.45, 2.75) is 27.7 Å². The quantitative estimate of drug-likeness (QED) is 0.358. The summed E-state index contributed by atoms with van der Waals surface area (Å²) in [7, 11) is 1.56. The van der Waals surface area contributed by atoms with Crippen molar-refractivity contribution in [2.24, 2.45) is 4.99 Å². The monoisotopic (exact) mass is 536 g/mol. The molecule has 0 atom stereocenters. The second-order valence-electron chi connectivity index (χ2n) is 8.23. The zero-order chi connectivity index (χ0) is 24.6. The molecule has 0 saturated carbocycles. The number of rotatable bonds is 4. The Kier molecular flexibility index (Phi) is 6.86. The summed E-state index contributed by atoms with van der Waals surface area (Å²) >= 11 is 4.63. The zero-order valence-corrected chi connectivity index (χ0v) is 22.0. The number of benzene rings is 3. The van der Waals surface area contributed by atoms with E-state index in [-0.39, 0.29) is 11.7 Å². The number of carbonyl (C=O) groups is 1. The first-order chi connectivity index (χ1) is 16.2. The maximum atomic E-state index is 13.6. The fourth-order valence-electron chi connectivity index (χ4n) is 3.51. The first-order valence-electron chi connectivity index (χ1n) is 10.7. The highest BCUT2D eigenvalue weighted by atomic mass is 79.9. The van der Waals surface area contributed by atoms with Gasteiger partial charge in [0, 0.05) is 5.56 Å². The molecular weight excluding hydrogens is 512 g/mol. The van der Waals surface area contributed by atoms with Gasteiger partial charge in [0.1, 0.15) is 11.5 Å². The standard InChI is InChI=1S/C27H25BrN2O3S/c1-15-6-8-20(10-17(15)3)29-27-30(21-9-7-16(2)18(4)11-21)26(32)24(34-27)13-19-12-22(33-5)14-23(28)25(19)31/h6-14,31H,1-5H3. The molecular formula is C27H25BrN2O3S. The number of halogens is 1. The van der Waals surface area contributed by atoms with Crippen LogP contribution in [0.1, 0.15) is 27.8 Å². The average Bonchev–Trinajstić information content (AvgIpc) is 3.10. The van der Waals surface area contributed by atoms with E-state index in [1.807, 2.05) is 57.2 Å². The normalized spacial score (nSPS) is 16.1. The summed E-state index contributed by atoms with van der Waals surface area (Å²) in [6.45, 7) is 8.16. The number of aromatic hydroxyl groups is 1. The summed E-state index contributed by atoms with van der Waals surface area (Å²) < 4.78 is 5.81. The molecule has 0 aromatic heterocycles. The molecule has 7 heteroatoms. The van der Waals surface area contributed by atoms with E-state index in [1.165, 1.54) is 17.3 Å². The topological polar surface area (TPSA) is 62.1 Å². The van der Waals surface area contributed by atoms with Crippen molar-refractivity contribution in [3.8, 4) is 11.5 Å². The van der Waals surface area contributed by atoms with Gasteiger partial charge in [-0.05, 0) is 120 Å². The van der Waals surface area contributed by atoms with Gasteiger partial charge in [-0.3, -0.25) is 9.69 Å². The van der Waals surface area contributed by atoms with E-state index in [0.29, 0.717) is 25.9 Å². The minimum Gasteiger partial charge on any atom is -0.506 e. The molecule has 0 unspecified atom stereocenters. The van der Waals surface area contributed by atoms with Crippen LogP contribution in [0.2, 0.25) is 0 Å². The van der Waals surface area contributed by atoms with Crippen LogP contribution in [0.25, 0.3) is 6.08 Å². The summed E-state index contributed by atoms with van der Waals surface area (Å²) in [5.41, 5.74) is 6.57. The average molecular weight is 537 g/mol. The smallest absolute Gasteiger partial charge is 0.271 e. The lowest BCUT2D eigenvalue weighted by Crippen LogP contribution is -2.28. The van der Waals surface area contributed by atoms with E-state index in [0.717, 1.165) is 28.1 Å². The fraction of sp³-hybridized carbons (Fsp3) is 0.185. The van der Waals surface area contributed by atoms with Crippen molar-refractivity contribution in [2.75, 3.05) is 12.0 Å². The minimum atomic E-state index is -0.200. The van der Waals surface area contributed by atoms with Crippen LogP contribution in [0.5, 0.6) is 11.5 Å². The Bertz CT molecular complexity index is 1360. The molecule has 1 amide bonds. The maximum absolute atomic E-state index is 13.6. The number of aryl methyl sites for hydroxylation is 4. The molecule has 1 aliphatic heterocycles. The molecule has 0 aliphatic carbocycles. The Morgan fingerprint density at radius 1 is 0.971 bits per heavy atom. The Morgan fingerprint density at radius 2 is 1.65 bits per heavy atom. The molecule has 3 aromatic rings. The molecule has 0 bridgehead atoms. The van der Waals surface area contributed by atoms with Gasteiger partial charge in [0.25, 0.3) is 5.91 Å². The van der Waals surface area contributed by atoms with Crippen LogP contribution in [0, 0.1) is 27.7 Å². The van der Waals surface area contributed by atoms with Crippen molar-refractivity contribution in [3.05, 3.63) is 85.7 Å². The number of hydrogen-bond acceptors (Lipinski definition) is 5. The second kappa shape index (κ2) is 9.68. The van der Waals surface area contributed by atoms with E-state index in [9.17, 15) is 9.90 Å². The summed E-state index contributed by atoms with van der Waals surface area (Å²) in [4.78, 5) is 20.5. The van der Waals surface area contributed by atoms with Gasteiger partial charge >= 0.3 is 0 Å². The Morgan fingerprint density at radius 3 is 2.29 bits per heavy atom. The van der Waals surface area contributed by atoms with Crippen LogP contribution in [0.4, 0.5) is 11.4 Å². The number of nitrogens with zero attached hydrogens (tertiary/aromatic N) is 2. The van der Waals surface area contributed by atoms with Gasteiger partial charge in [-0.25, -0.2) is 4.99 Å². The molecule has 0 radical (unpaired) electrons. The Labute approximate surface area is 212 Å². The molecule has 0 spiro atoms. The van der Waals surface area contributed by atoms with Gasteiger partial charge in [-0.15, -0.1) is 0 Å². The van der Waals surface area contributed by atoms with Crippen LogP contribution in [-0.2, 0) is 4.79 Å². The number of aliphatic imine (C=N–C) groups is 1. The number of carbonyl (C=O) groups excluding carboxylic acids is 1. The third-order valence-electron chi connectivity index (χ3n) is 5.86. The number of phenolic OH excluding ortho intramolecular Hbond substituents is 1. The predicted molar refractivity (Wildman–Crippen MR) is 144 cm³/mol. The molecule has 1 fully saturated rings. The summed E-state index contributed by atoms with van der Waals surface area (Å²) in [5.74, 6) is 0.412. The number of anilines is 1. The van der Waals surface area contributed by atoms with Crippen LogP contribution in [0.15, 0.2) is 62.9 Å². The van der Waals surface area contributed by atoms with Gasteiger partial charge in [0.05, 0.1) is 27.9 Å². The first kappa shape index (κ1) is 24.1. The Hall–Kier alpha value is -3.03. The number of phenols is 1.